The van der Waals surface area contributed by atoms with Crippen LogP contribution in [0.2, 0.25) is 0 Å². The Kier molecular flexibility index (Phi) is 4.10. The third kappa shape index (κ3) is 2.77. The molecule has 0 fully saturated rings. The fourth-order valence-electron chi connectivity index (χ4n) is 2.10. The summed E-state index contributed by atoms with van der Waals surface area (Å²) < 4.78 is 0. The molecule has 18 heavy (non-hydrogen) atoms. The summed E-state index contributed by atoms with van der Waals surface area (Å²) in [5, 5.41) is 10.4. The first-order chi connectivity index (χ1) is 8.61. The number of aryl methyl sites for hydroxylation is 2. The molecule has 0 aromatic heterocycles. The zero-order valence-electron chi connectivity index (χ0n) is 11.0. The highest BCUT2D eigenvalue weighted by Crippen LogP contribution is 2.26. The van der Waals surface area contributed by atoms with Crippen molar-refractivity contribution in [1.82, 2.24) is 0 Å². The number of benzene rings is 2. The van der Waals surface area contributed by atoms with Crippen molar-refractivity contribution in [2.24, 2.45) is 0 Å². The second-order valence-corrected chi connectivity index (χ2v) is 5.42. The summed E-state index contributed by atoms with van der Waals surface area (Å²) in [7, 11) is 0. The molecular formula is C16H18OS. The zero-order chi connectivity index (χ0) is 13.1. The van der Waals surface area contributed by atoms with Gasteiger partial charge in [-0.3, -0.25) is 0 Å². The van der Waals surface area contributed by atoms with Crippen LogP contribution in [0.3, 0.4) is 0 Å². The molecule has 0 aliphatic carbocycles. The van der Waals surface area contributed by atoms with E-state index >= 15 is 0 Å². The average molecular weight is 258 g/mol. The maximum Gasteiger partial charge on any atom is 0.104 e. The van der Waals surface area contributed by atoms with Crippen LogP contribution in [0.25, 0.3) is 0 Å². The highest BCUT2D eigenvalue weighted by Gasteiger charge is 2.12. The van der Waals surface area contributed by atoms with Gasteiger partial charge in [-0.2, -0.15) is 0 Å². The quantitative estimate of drug-likeness (QED) is 0.836. The van der Waals surface area contributed by atoms with Crippen LogP contribution in [0.1, 0.15) is 28.4 Å². The summed E-state index contributed by atoms with van der Waals surface area (Å²) >= 11 is 1.71. The first-order valence-corrected chi connectivity index (χ1v) is 7.23. The molecule has 0 radical (unpaired) electrons. The SMILES string of the molecule is CSc1ccc(C(O)c2ccc(C)cc2C)cc1. The maximum atomic E-state index is 10.4. The van der Waals surface area contributed by atoms with Gasteiger partial charge < -0.3 is 5.11 Å². The number of hydrogen-bond donors (Lipinski definition) is 1. The van der Waals surface area contributed by atoms with E-state index in [1.165, 1.54) is 10.5 Å². The topological polar surface area (TPSA) is 20.2 Å². The molecule has 1 N–H and O–H groups in total. The van der Waals surface area contributed by atoms with Crippen LogP contribution in [-0.4, -0.2) is 11.4 Å². The zero-order valence-corrected chi connectivity index (χ0v) is 11.8. The number of hydrogen-bond acceptors (Lipinski definition) is 2. The van der Waals surface area contributed by atoms with Gasteiger partial charge >= 0.3 is 0 Å². The number of rotatable bonds is 3. The van der Waals surface area contributed by atoms with E-state index in [0.717, 1.165) is 16.7 Å². The van der Waals surface area contributed by atoms with Crippen LogP contribution in [0, 0.1) is 13.8 Å². The van der Waals surface area contributed by atoms with E-state index in [-0.39, 0.29) is 0 Å². The maximum absolute atomic E-state index is 10.4. The first-order valence-electron chi connectivity index (χ1n) is 6.01. The molecule has 2 heteroatoms. The van der Waals surface area contributed by atoms with Gasteiger partial charge in [-0.25, -0.2) is 0 Å². The number of aliphatic hydroxyl groups is 1. The van der Waals surface area contributed by atoms with Crippen molar-refractivity contribution in [3.63, 3.8) is 0 Å². The second kappa shape index (κ2) is 5.59. The van der Waals surface area contributed by atoms with Crippen LogP contribution >= 0.6 is 11.8 Å². The third-order valence-electron chi connectivity index (χ3n) is 3.15. The van der Waals surface area contributed by atoms with E-state index in [2.05, 4.69) is 19.2 Å². The van der Waals surface area contributed by atoms with Crippen molar-refractivity contribution in [3.05, 3.63) is 64.7 Å². The summed E-state index contributed by atoms with van der Waals surface area (Å²) in [6, 6.07) is 14.2. The van der Waals surface area contributed by atoms with Crippen LogP contribution in [-0.2, 0) is 0 Å². The average Bonchev–Trinajstić information content (AvgIpc) is 2.38. The standard InChI is InChI=1S/C16H18OS/c1-11-4-9-15(12(2)10-11)16(17)13-5-7-14(18-3)8-6-13/h4-10,16-17H,1-3H3. The Bertz CT molecular complexity index is 531. The van der Waals surface area contributed by atoms with Crippen molar-refractivity contribution < 1.29 is 5.11 Å². The molecule has 1 atom stereocenters. The second-order valence-electron chi connectivity index (χ2n) is 4.54. The van der Waals surface area contributed by atoms with E-state index in [0.29, 0.717) is 0 Å². The Hall–Kier alpha value is -1.25. The molecule has 1 nitrogen and oxygen atoms in total. The van der Waals surface area contributed by atoms with Crippen LogP contribution in [0.4, 0.5) is 0 Å². The molecule has 0 saturated carbocycles. The monoisotopic (exact) mass is 258 g/mol. The summed E-state index contributed by atoms with van der Waals surface area (Å²) in [4.78, 5) is 1.21. The third-order valence-corrected chi connectivity index (χ3v) is 3.89. The molecule has 0 spiro atoms. The predicted molar refractivity (Wildman–Crippen MR) is 78.2 cm³/mol. The molecule has 0 amide bonds. The molecule has 94 valence electrons. The predicted octanol–water partition coefficient (Wildman–Crippen LogP) is 4.11. The van der Waals surface area contributed by atoms with Crippen molar-refractivity contribution in [2.75, 3.05) is 6.26 Å². The van der Waals surface area contributed by atoms with Gasteiger partial charge in [-0.05, 0) is 48.9 Å². The Morgan fingerprint density at radius 1 is 1.00 bits per heavy atom. The van der Waals surface area contributed by atoms with Gasteiger partial charge in [0.05, 0.1) is 0 Å². The lowest BCUT2D eigenvalue weighted by Crippen LogP contribution is -2.02. The van der Waals surface area contributed by atoms with E-state index in [1.54, 1.807) is 11.8 Å². The highest BCUT2D eigenvalue weighted by atomic mass is 32.2. The van der Waals surface area contributed by atoms with E-state index in [9.17, 15) is 5.11 Å². The van der Waals surface area contributed by atoms with Gasteiger partial charge in [0.2, 0.25) is 0 Å². The lowest BCUT2D eigenvalue weighted by molar-refractivity contribution is 0.219. The minimum absolute atomic E-state index is 0.540. The molecule has 0 aliphatic heterocycles. The number of thioether (sulfide) groups is 1. The lowest BCUT2D eigenvalue weighted by atomic mass is 9.96. The smallest absolute Gasteiger partial charge is 0.104 e. The molecule has 0 aliphatic rings. The fraction of sp³-hybridized carbons (Fsp3) is 0.250. The van der Waals surface area contributed by atoms with E-state index < -0.39 is 6.10 Å². The van der Waals surface area contributed by atoms with Crippen LogP contribution < -0.4 is 0 Å². The van der Waals surface area contributed by atoms with Gasteiger partial charge in [-0.1, -0.05) is 35.9 Å². The molecule has 0 bridgehead atoms. The molecule has 2 rings (SSSR count). The summed E-state index contributed by atoms with van der Waals surface area (Å²) in [6.45, 7) is 4.11. The summed E-state index contributed by atoms with van der Waals surface area (Å²) in [6.07, 6.45) is 1.51. The molecule has 0 heterocycles. The molecule has 2 aromatic carbocycles. The van der Waals surface area contributed by atoms with Gasteiger partial charge in [0.25, 0.3) is 0 Å². The minimum atomic E-state index is -0.540. The Balaban J connectivity index is 2.31. The van der Waals surface area contributed by atoms with Crippen molar-refractivity contribution in [2.45, 2.75) is 24.8 Å². The first kappa shape index (κ1) is 13.2. The Morgan fingerprint density at radius 2 is 1.67 bits per heavy atom. The highest BCUT2D eigenvalue weighted by molar-refractivity contribution is 7.98. The van der Waals surface area contributed by atoms with Crippen LogP contribution in [0.5, 0.6) is 0 Å². The van der Waals surface area contributed by atoms with E-state index in [4.69, 9.17) is 0 Å². The molecule has 2 aromatic rings. The van der Waals surface area contributed by atoms with Gasteiger partial charge in [0, 0.05) is 4.90 Å². The lowest BCUT2D eigenvalue weighted by Gasteiger charge is -2.15. The molecular weight excluding hydrogens is 240 g/mol. The van der Waals surface area contributed by atoms with Gasteiger partial charge in [0.15, 0.2) is 0 Å². The molecule has 0 saturated heterocycles. The van der Waals surface area contributed by atoms with Gasteiger partial charge in [0.1, 0.15) is 6.10 Å². The minimum Gasteiger partial charge on any atom is -0.384 e. The molecule has 1 unspecified atom stereocenters. The Morgan fingerprint density at radius 3 is 2.22 bits per heavy atom. The van der Waals surface area contributed by atoms with Crippen molar-refractivity contribution >= 4 is 11.8 Å². The Labute approximate surface area is 113 Å². The van der Waals surface area contributed by atoms with Crippen molar-refractivity contribution in [1.29, 1.82) is 0 Å². The van der Waals surface area contributed by atoms with Crippen LogP contribution in [0.15, 0.2) is 47.4 Å². The van der Waals surface area contributed by atoms with Crippen molar-refractivity contribution in [3.8, 4) is 0 Å². The largest absolute Gasteiger partial charge is 0.384 e. The number of aliphatic hydroxyl groups excluding tert-OH is 1. The van der Waals surface area contributed by atoms with Gasteiger partial charge in [-0.15, -0.1) is 11.8 Å². The summed E-state index contributed by atoms with van der Waals surface area (Å²) in [5.74, 6) is 0. The normalized spacial score (nSPS) is 12.4. The summed E-state index contributed by atoms with van der Waals surface area (Å²) in [5.41, 5.74) is 4.29. The fourth-order valence-corrected chi connectivity index (χ4v) is 2.51. The van der Waals surface area contributed by atoms with E-state index in [1.807, 2.05) is 43.3 Å².